The van der Waals surface area contributed by atoms with Crippen LogP contribution in [0.1, 0.15) is 27.0 Å². The van der Waals surface area contributed by atoms with E-state index in [0.717, 1.165) is 44.9 Å². The number of amides is 1. The highest BCUT2D eigenvalue weighted by atomic mass is 19.2. The maximum absolute atomic E-state index is 13.4. The zero-order valence-corrected chi connectivity index (χ0v) is 17.6. The summed E-state index contributed by atoms with van der Waals surface area (Å²) in [4.78, 5) is 33.3. The molecular formula is C25H18F2N4O2. The third-order valence-corrected chi connectivity index (χ3v) is 5.01. The first-order valence-electron chi connectivity index (χ1n) is 10.0. The summed E-state index contributed by atoms with van der Waals surface area (Å²) in [5.41, 5.74) is 2.34. The fourth-order valence-electron chi connectivity index (χ4n) is 3.28. The number of aryl methyl sites for hydroxylation is 1. The normalized spacial score (nSPS) is 10.5. The van der Waals surface area contributed by atoms with E-state index in [2.05, 4.69) is 27.1 Å². The molecule has 0 saturated heterocycles. The van der Waals surface area contributed by atoms with Crippen molar-refractivity contribution < 1.29 is 13.6 Å². The van der Waals surface area contributed by atoms with Crippen molar-refractivity contribution in [2.45, 2.75) is 13.5 Å². The van der Waals surface area contributed by atoms with Gasteiger partial charge in [-0.2, -0.15) is 0 Å². The molecule has 6 nitrogen and oxygen atoms in total. The molecular weight excluding hydrogens is 426 g/mol. The molecule has 33 heavy (non-hydrogen) atoms. The van der Waals surface area contributed by atoms with E-state index in [1.807, 2.05) is 31.2 Å². The number of rotatable bonds is 4. The fraction of sp³-hybridized carbons (Fsp3) is 0.120. The molecule has 0 fully saturated rings. The molecule has 8 heteroatoms. The summed E-state index contributed by atoms with van der Waals surface area (Å²) in [5.74, 6) is 3.23. The first-order chi connectivity index (χ1) is 15.9. The highest BCUT2D eigenvalue weighted by Gasteiger charge is 2.13. The monoisotopic (exact) mass is 444 g/mol. The Morgan fingerprint density at radius 2 is 1.97 bits per heavy atom. The van der Waals surface area contributed by atoms with Gasteiger partial charge in [-0.3, -0.25) is 19.1 Å². The van der Waals surface area contributed by atoms with Gasteiger partial charge in [0.15, 0.2) is 11.6 Å². The van der Waals surface area contributed by atoms with Crippen LogP contribution < -0.4 is 10.9 Å². The van der Waals surface area contributed by atoms with E-state index in [0.29, 0.717) is 5.56 Å². The molecule has 0 unspecified atom stereocenters. The van der Waals surface area contributed by atoms with Crippen LogP contribution in [-0.4, -0.2) is 27.0 Å². The van der Waals surface area contributed by atoms with Crippen molar-refractivity contribution in [3.63, 3.8) is 0 Å². The zero-order chi connectivity index (χ0) is 23.4. The van der Waals surface area contributed by atoms with Gasteiger partial charge in [-0.1, -0.05) is 17.9 Å². The van der Waals surface area contributed by atoms with Gasteiger partial charge in [-0.25, -0.2) is 13.8 Å². The minimum Gasteiger partial charge on any atom is -0.341 e. The van der Waals surface area contributed by atoms with Crippen molar-refractivity contribution >= 4 is 16.8 Å². The maximum atomic E-state index is 13.4. The second-order valence-corrected chi connectivity index (χ2v) is 7.33. The number of nitrogens with one attached hydrogen (secondary N) is 1. The second kappa shape index (κ2) is 9.40. The summed E-state index contributed by atoms with van der Waals surface area (Å²) in [6.07, 6.45) is 4.14. The molecule has 1 amide bonds. The first kappa shape index (κ1) is 21.8. The quantitative estimate of drug-likeness (QED) is 0.491. The van der Waals surface area contributed by atoms with E-state index >= 15 is 0 Å². The SMILES string of the molecule is Cc1ccnc2ccc(C#CCNC(=O)c3cncn(Cc4ccc(F)c(F)c4)c3=O)cc12. The van der Waals surface area contributed by atoms with Crippen LogP contribution >= 0.6 is 0 Å². The van der Waals surface area contributed by atoms with Crippen molar-refractivity contribution in [2.75, 3.05) is 6.54 Å². The number of nitrogens with zero attached hydrogens (tertiary/aromatic N) is 3. The number of carbonyl (C=O) groups excluding carboxylic acids is 1. The van der Waals surface area contributed by atoms with E-state index in [9.17, 15) is 18.4 Å². The fourth-order valence-corrected chi connectivity index (χ4v) is 3.28. The summed E-state index contributed by atoms with van der Waals surface area (Å²) in [6.45, 7) is 1.97. The number of aromatic nitrogens is 3. The van der Waals surface area contributed by atoms with Crippen LogP contribution in [0, 0.1) is 30.4 Å². The molecule has 0 aliphatic rings. The molecule has 2 aromatic carbocycles. The first-order valence-corrected chi connectivity index (χ1v) is 10.0. The van der Waals surface area contributed by atoms with Gasteiger partial charge >= 0.3 is 0 Å². The number of pyridine rings is 1. The molecule has 2 heterocycles. The molecule has 0 aliphatic heterocycles. The molecule has 4 rings (SSSR count). The van der Waals surface area contributed by atoms with Gasteiger partial charge in [-0.05, 0) is 54.4 Å². The predicted molar refractivity (Wildman–Crippen MR) is 120 cm³/mol. The standard InChI is InChI=1S/C25H18F2N4O2/c1-16-8-10-29-23-7-5-17(11-19(16)23)3-2-9-30-24(32)20-13-28-15-31(25(20)33)14-18-4-6-21(26)22(27)12-18/h4-8,10-13,15H,9,14H2,1H3,(H,30,32). The lowest BCUT2D eigenvalue weighted by Crippen LogP contribution is -2.33. The van der Waals surface area contributed by atoms with Crippen molar-refractivity contribution in [3.8, 4) is 11.8 Å². The van der Waals surface area contributed by atoms with Crippen LogP contribution in [0.5, 0.6) is 0 Å². The number of fused-ring (bicyclic) bond motifs is 1. The van der Waals surface area contributed by atoms with Crippen LogP contribution in [-0.2, 0) is 6.54 Å². The van der Waals surface area contributed by atoms with Gasteiger partial charge in [0.05, 0.1) is 24.9 Å². The number of hydrogen-bond donors (Lipinski definition) is 1. The highest BCUT2D eigenvalue weighted by molar-refractivity contribution is 5.93. The summed E-state index contributed by atoms with van der Waals surface area (Å²) in [7, 11) is 0. The van der Waals surface area contributed by atoms with E-state index in [4.69, 9.17) is 0 Å². The summed E-state index contributed by atoms with van der Waals surface area (Å²) in [5, 5.41) is 3.58. The smallest absolute Gasteiger partial charge is 0.266 e. The molecule has 4 aromatic rings. The molecule has 0 radical (unpaired) electrons. The van der Waals surface area contributed by atoms with E-state index < -0.39 is 23.1 Å². The zero-order valence-electron chi connectivity index (χ0n) is 17.6. The average Bonchev–Trinajstić information content (AvgIpc) is 2.81. The Morgan fingerprint density at radius 1 is 1.12 bits per heavy atom. The number of benzene rings is 2. The van der Waals surface area contributed by atoms with Gasteiger partial charge < -0.3 is 5.32 Å². The van der Waals surface area contributed by atoms with Crippen molar-refractivity contribution in [1.82, 2.24) is 19.9 Å². The van der Waals surface area contributed by atoms with Crippen molar-refractivity contribution in [2.24, 2.45) is 0 Å². The number of hydrogen-bond acceptors (Lipinski definition) is 4. The van der Waals surface area contributed by atoms with Crippen LogP contribution in [0.4, 0.5) is 8.78 Å². The Labute approximate surface area is 187 Å². The Hall–Kier alpha value is -4.38. The van der Waals surface area contributed by atoms with E-state index in [1.165, 1.54) is 12.4 Å². The number of carbonyl (C=O) groups is 1. The summed E-state index contributed by atoms with van der Waals surface area (Å²) < 4.78 is 27.7. The Kier molecular flexibility index (Phi) is 6.22. The Bertz CT molecular complexity index is 1490. The van der Waals surface area contributed by atoms with Crippen LogP contribution in [0.25, 0.3) is 10.9 Å². The largest absolute Gasteiger partial charge is 0.341 e. The molecule has 0 spiro atoms. The van der Waals surface area contributed by atoms with E-state index in [-0.39, 0.29) is 18.7 Å². The minimum atomic E-state index is -1.01. The molecule has 0 aliphatic carbocycles. The predicted octanol–water partition coefficient (Wildman–Crippen LogP) is 3.21. The van der Waals surface area contributed by atoms with Crippen LogP contribution in [0.15, 0.2) is 66.0 Å². The van der Waals surface area contributed by atoms with E-state index in [1.54, 1.807) is 6.20 Å². The third kappa shape index (κ3) is 4.93. The Morgan fingerprint density at radius 3 is 2.79 bits per heavy atom. The summed E-state index contributed by atoms with van der Waals surface area (Å²) in [6, 6.07) is 10.9. The maximum Gasteiger partial charge on any atom is 0.266 e. The molecule has 0 atom stereocenters. The molecule has 0 bridgehead atoms. The van der Waals surface area contributed by atoms with Gasteiger partial charge in [0.1, 0.15) is 5.56 Å². The lowest BCUT2D eigenvalue weighted by Gasteiger charge is -2.08. The van der Waals surface area contributed by atoms with Gasteiger partial charge in [0.25, 0.3) is 11.5 Å². The Balaban J connectivity index is 1.44. The van der Waals surface area contributed by atoms with Gasteiger partial charge in [0.2, 0.25) is 0 Å². The summed E-state index contributed by atoms with van der Waals surface area (Å²) >= 11 is 0. The molecule has 164 valence electrons. The topological polar surface area (TPSA) is 76.9 Å². The van der Waals surface area contributed by atoms with Gasteiger partial charge in [-0.15, -0.1) is 0 Å². The lowest BCUT2D eigenvalue weighted by atomic mass is 10.1. The molecule has 1 N–H and O–H groups in total. The molecule has 2 aromatic heterocycles. The molecule has 0 saturated carbocycles. The average molecular weight is 444 g/mol. The highest BCUT2D eigenvalue weighted by Crippen LogP contribution is 2.17. The van der Waals surface area contributed by atoms with Crippen LogP contribution in [0.3, 0.4) is 0 Å². The van der Waals surface area contributed by atoms with Crippen molar-refractivity contribution in [3.05, 3.63) is 105 Å². The lowest BCUT2D eigenvalue weighted by molar-refractivity contribution is 0.0956. The van der Waals surface area contributed by atoms with Crippen molar-refractivity contribution in [1.29, 1.82) is 0 Å². The number of halogens is 2. The second-order valence-electron chi connectivity index (χ2n) is 7.33. The third-order valence-electron chi connectivity index (χ3n) is 5.01. The van der Waals surface area contributed by atoms with Gasteiger partial charge in [0, 0.05) is 23.3 Å². The minimum absolute atomic E-state index is 0.0282. The van der Waals surface area contributed by atoms with Crippen LogP contribution in [0.2, 0.25) is 0 Å².